The fourth-order valence-corrected chi connectivity index (χ4v) is 12.4. The molecule has 2 aliphatic rings. The Labute approximate surface area is 660 Å². The Kier molecular flexibility index (Phi) is 37.7. The molecule has 2 aliphatic heterocycles. The van der Waals surface area contributed by atoms with Crippen molar-refractivity contribution in [2.75, 3.05) is 220 Å². The number of phenolic OH excluding ortho intramolecular Hbond substituents is 1. The molecule has 0 unspecified atom stereocenters. The van der Waals surface area contributed by atoms with Gasteiger partial charge in [-0.25, -0.2) is 37.5 Å². The number of anilines is 4. The van der Waals surface area contributed by atoms with Crippen molar-refractivity contribution in [3.63, 3.8) is 0 Å². The number of fused-ring (bicyclic) bond motifs is 6. The molecular formula is C78H104F8N14O15. The number of carboxylic acids is 1. The van der Waals surface area contributed by atoms with Crippen LogP contribution in [-0.2, 0) is 69.9 Å². The number of hydrogen-bond donors (Lipinski definition) is 6. The smallest absolute Gasteiger partial charge is 0.313 e. The van der Waals surface area contributed by atoms with Gasteiger partial charge in [0.25, 0.3) is 0 Å². The van der Waals surface area contributed by atoms with Gasteiger partial charge in [0, 0.05) is 153 Å². The van der Waals surface area contributed by atoms with Crippen molar-refractivity contribution in [3.05, 3.63) is 107 Å². The lowest BCUT2D eigenvalue weighted by molar-refractivity contribution is -0.139. The number of carbonyl (C=O) groups excluding carboxylic acids is 3. The normalized spacial score (nSPS) is 13.4. The largest absolute Gasteiger partial charge is 0.503 e. The Balaban J connectivity index is 0.000000257. The number of H-pyrrole nitrogens is 2. The Morgan fingerprint density at radius 1 is 0.470 bits per heavy atom. The van der Waals surface area contributed by atoms with E-state index in [-0.39, 0.29) is 95.9 Å². The van der Waals surface area contributed by atoms with Gasteiger partial charge in [-0.05, 0) is 49.2 Å². The molecule has 0 saturated carbocycles. The number of nitrogens with one attached hydrogen (secondary N) is 2. The third-order valence-corrected chi connectivity index (χ3v) is 18.9. The van der Waals surface area contributed by atoms with Crippen LogP contribution in [0.1, 0.15) is 76.9 Å². The number of aromatic hydroxyl groups is 1. The molecule has 4 aromatic heterocycles. The molecule has 10 rings (SSSR count). The number of methoxy groups -OCH3 is 2. The number of aromatic amines is 2. The molecule has 2 amide bonds. The van der Waals surface area contributed by atoms with E-state index in [4.69, 9.17) is 69.5 Å². The van der Waals surface area contributed by atoms with E-state index in [9.17, 15) is 54.3 Å². The van der Waals surface area contributed by atoms with Crippen molar-refractivity contribution in [2.45, 2.75) is 78.1 Å². The summed E-state index contributed by atoms with van der Waals surface area (Å²) in [6.07, 6.45) is 5.89. The first-order valence-electron chi connectivity index (χ1n) is 38.4. The van der Waals surface area contributed by atoms with Crippen LogP contribution in [-0.4, -0.2) is 282 Å². The van der Waals surface area contributed by atoms with Gasteiger partial charge in [0.15, 0.2) is 29.0 Å². The highest BCUT2D eigenvalue weighted by Gasteiger charge is 2.26. The Morgan fingerprint density at radius 2 is 0.843 bits per heavy atom. The molecule has 632 valence electrons. The summed E-state index contributed by atoms with van der Waals surface area (Å²) in [4.78, 5) is 87.0. The predicted octanol–water partition coefficient (Wildman–Crippen LogP) is 9.12. The summed E-state index contributed by atoms with van der Waals surface area (Å²) in [6, 6.07) is 12.6. The summed E-state index contributed by atoms with van der Waals surface area (Å²) in [5, 5.41) is 19.1. The van der Waals surface area contributed by atoms with Gasteiger partial charge in [-0.3, -0.25) is 29.0 Å². The Morgan fingerprint density at radius 3 is 1.23 bits per heavy atom. The molecule has 0 bridgehead atoms. The van der Waals surface area contributed by atoms with Crippen LogP contribution in [0.25, 0.3) is 43.9 Å². The zero-order valence-electron chi connectivity index (χ0n) is 65.3. The number of piperazine rings is 2. The highest BCUT2D eigenvalue weighted by molar-refractivity contribution is 6.08. The maximum absolute atomic E-state index is 13.8. The van der Waals surface area contributed by atoms with Crippen molar-refractivity contribution >= 4 is 90.6 Å². The highest BCUT2D eigenvalue weighted by atomic mass is 19.2. The van der Waals surface area contributed by atoms with Crippen LogP contribution in [0.2, 0.25) is 0 Å². The fraction of sp³-hybridized carbons (Fsp3) is 0.538. The zero-order valence-corrected chi connectivity index (χ0v) is 65.3. The average Bonchev–Trinajstić information content (AvgIpc) is 1.72. The molecule has 4 aromatic carbocycles. The van der Waals surface area contributed by atoms with E-state index >= 15 is 0 Å². The predicted molar refractivity (Wildman–Crippen MR) is 414 cm³/mol. The van der Waals surface area contributed by atoms with Gasteiger partial charge in [-0.2, -0.15) is 17.6 Å². The molecule has 2 saturated heterocycles. The topological polar surface area (TPSA) is 346 Å². The number of aromatic nitrogens is 6. The van der Waals surface area contributed by atoms with Crippen molar-refractivity contribution in [3.8, 4) is 11.5 Å². The van der Waals surface area contributed by atoms with Crippen molar-refractivity contribution in [2.24, 2.45) is 0 Å². The number of ether oxygens (including phenoxy) is 9. The van der Waals surface area contributed by atoms with E-state index in [0.29, 0.717) is 77.6 Å². The molecule has 2 fully saturated rings. The Hall–Kier alpha value is -9.44. The molecule has 6 heterocycles. The van der Waals surface area contributed by atoms with Crippen LogP contribution in [0.4, 0.5) is 58.1 Å². The summed E-state index contributed by atoms with van der Waals surface area (Å²) in [5.41, 5.74) is 19.8. The number of nitrogen functional groups attached to an aromatic ring is 2. The molecule has 0 atom stereocenters. The van der Waals surface area contributed by atoms with Crippen molar-refractivity contribution < 1.29 is 107 Å². The number of rotatable bonds is 45. The number of nitrogens with two attached hydrogens (primary N) is 2. The van der Waals surface area contributed by atoms with E-state index in [1.54, 1.807) is 24.0 Å². The quantitative estimate of drug-likeness (QED) is 0.00681. The van der Waals surface area contributed by atoms with Crippen molar-refractivity contribution in [1.29, 1.82) is 0 Å². The number of carboxylic acid groups (broad SMARTS) is 1. The first kappa shape index (κ1) is 91.1. The van der Waals surface area contributed by atoms with Gasteiger partial charge in [0.1, 0.15) is 45.4 Å². The number of amides is 2. The number of hydrogen-bond acceptors (Lipinski definition) is 24. The number of aryl methyl sites for hydroxylation is 2. The van der Waals surface area contributed by atoms with Crippen LogP contribution in [0.3, 0.4) is 0 Å². The van der Waals surface area contributed by atoms with E-state index < -0.39 is 76.4 Å². The first-order chi connectivity index (χ1) is 55.5. The minimum atomic E-state index is -1.82. The molecule has 8 aromatic rings. The summed E-state index contributed by atoms with van der Waals surface area (Å²) in [6.45, 7) is 18.2. The lowest BCUT2D eigenvalue weighted by Crippen LogP contribution is -2.47. The van der Waals surface area contributed by atoms with Crippen LogP contribution in [0.5, 0.6) is 11.5 Å². The molecule has 0 radical (unpaired) electrons. The van der Waals surface area contributed by atoms with Gasteiger partial charge in [0.2, 0.25) is 40.8 Å². The third kappa shape index (κ3) is 27.9. The molecule has 29 nitrogen and oxygen atoms in total. The molecule has 37 heteroatoms. The van der Waals surface area contributed by atoms with Crippen LogP contribution in [0, 0.1) is 46.5 Å². The van der Waals surface area contributed by atoms with Crippen LogP contribution < -0.4 is 26.0 Å². The second-order valence-electron chi connectivity index (χ2n) is 27.0. The monoisotopic (exact) mass is 1630 g/mol. The number of pyridine rings is 2. The SMILES string of the molecule is CCCCc1nc2c([nH]1)c(N)nc1ccc(N3CCN(CCOCCN(CCOCCC(=O)O)C(=O)CCOCCOC)CC3)cc12.CCCCc1nc2c([nH]1)c(N)nc1ccc(N3CCN(CCOCCN(CCOCCC(=O)Oc4c(F)c(F)cc(F)c4F)C(=O)CCOCCOC)CC3)cc12.Oc1c(F)c(F)cc(F)c1F. The van der Waals surface area contributed by atoms with Gasteiger partial charge in [-0.1, -0.05) is 26.7 Å². The summed E-state index contributed by atoms with van der Waals surface area (Å²) < 4.78 is 151. The molecule has 0 spiro atoms. The summed E-state index contributed by atoms with van der Waals surface area (Å²) in [5.74, 6) is -16.4. The van der Waals surface area contributed by atoms with Gasteiger partial charge in [0.05, 0.1) is 129 Å². The minimum absolute atomic E-state index is 0.0157. The lowest BCUT2D eigenvalue weighted by atomic mass is 10.1. The van der Waals surface area contributed by atoms with Crippen LogP contribution >= 0.6 is 0 Å². The second kappa shape index (κ2) is 47.6. The van der Waals surface area contributed by atoms with Gasteiger partial charge >= 0.3 is 11.9 Å². The summed E-state index contributed by atoms with van der Waals surface area (Å²) in [7, 11) is 3.15. The number of carbonyl (C=O) groups is 4. The highest BCUT2D eigenvalue weighted by Crippen LogP contribution is 2.34. The summed E-state index contributed by atoms with van der Waals surface area (Å²) >= 11 is 0. The van der Waals surface area contributed by atoms with Gasteiger partial charge < -0.3 is 93.9 Å². The second-order valence-corrected chi connectivity index (χ2v) is 27.0. The molecule has 8 N–H and O–H groups in total. The maximum atomic E-state index is 13.8. The average molecular weight is 1630 g/mol. The number of unbranched alkanes of at least 4 members (excludes halogenated alkanes) is 2. The number of esters is 1. The van der Waals surface area contributed by atoms with Crippen LogP contribution in [0.15, 0.2) is 48.5 Å². The maximum Gasteiger partial charge on any atom is 0.313 e. The molecule has 0 aliphatic carbocycles. The standard InChI is InChI=1S/C39H51F4N7O7.C33H51N7O7.C6H2F4O/c1-3-4-5-31-46-36-27-24-26(6-7-30(27)45-39(44)37(36)47-31)49-12-10-48(11-13-49)14-19-56-21-16-50(32(51)8-17-55-23-22-53-2)15-20-54-18-9-33(52)57-38-34(42)28(40)25-29(41)35(38)43;1-3-4-5-28-36-31-26-24-25(6-7-27(26)35-33(34)32(31)37-28)39-12-10-38(11-13-39)14-19-47-21-16-40(15-20-45-18-9-30(42)43)29(41)8-17-46-23-22-44-2;7-2-1-3(8)5(10)6(11)4(2)9/h6-7,24-25H,3-5,8-23H2,1-2H3,(H2,44,45)(H,46,47);6-7,24H,3-5,8-23H2,1-2H3,(H2,34,35)(H,36,37)(H,42,43);1,11H. The van der Waals surface area contributed by atoms with E-state index in [1.165, 1.54) is 0 Å². The molecule has 115 heavy (non-hydrogen) atoms. The van der Waals surface area contributed by atoms with E-state index in [0.717, 1.165) is 171 Å². The number of imidazole rings is 2. The number of phenols is 1. The number of halogens is 8. The number of aliphatic carboxylic acids is 1. The Bertz CT molecular complexity index is 4370. The lowest BCUT2D eigenvalue weighted by Gasteiger charge is -2.36. The number of nitrogens with zero attached hydrogens (tertiary/aromatic N) is 10. The van der Waals surface area contributed by atoms with Crippen molar-refractivity contribution in [1.82, 2.24) is 49.5 Å². The number of benzene rings is 4. The minimum Gasteiger partial charge on any atom is -0.503 e. The van der Waals surface area contributed by atoms with E-state index in [2.05, 4.69) is 82.4 Å². The van der Waals surface area contributed by atoms with Gasteiger partial charge in [-0.15, -0.1) is 0 Å². The zero-order chi connectivity index (χ0) is 82.8. The fourth-order valence-electron chi connectivity index (χ4n) is 12.4. The molecular weight excluding hydrogens is 1520 g/mol. The first-order valence-corrected chi connectivity index (χ1v) is 38.4. The third-order valence-electron chi connectivity index (χ3n) is 18.9. The van der Waals surface area contributed by atoms with E-state index in [1.807, 2.05) is 12.1 Å².